The van der Waals surface area contributed by atoms with Gasteiger partial charge in [-0.05, 0) is 27.9 Å². The minimum absolute atomic E-state index is 0.288. The first kappa shape index (κ1) is 15.7. The van der Waals surface area contributed by atoms with E-state index in [2.05, 4.69) is 49.9 Å². The lowest BCUT2D eigenvalue weighted by Gasteiger charge is -2.07. The zero-order valence-electron chi connectivity index (χ0n) is 12.9. The number of imidazole rings is 1. The van der Waals surface area contributed by atoms with E-state index in [-0.39, 0.29) is 6.01 Å². The van der Waals surface area contributed by atoms with Crippen LogP contribution in [0, 0.1) is 0 Å². The molecule has 0 saturated heterocycles. The first-order valence-corrected chi connectivity index (χ1v) is 8.34. The summed E-state index contributed by atoms with van der Waals surface area (Å²) in [5.41, 5.74) is 8.49. The second-order valence-corrected chi connectivity index (χ2v) is 5.89. The van der Waals surface area contributed by atoms with Gasteiger partial charge in [-0.2, -0.15) is 9.97 Å². The molecule has 0 bridgehead atoms. The van der Waals surface area contributed by atoms with Gasteiger partial charge in [0.25, 0.3) is 0 Å². The summed E-state index contributed by atoms with van der Waals surface area (Å²) in [6.45, 7) is 3.40. The number of aromatic nitrogens is 4. The fraction of sp³-hybridized carbons (Fsp3) is 0.312. The minimum Gasteiger partial charge on any atom is -0.463 e. The van der Waals surface area contributed by atoms with Crippen LogP contribution in [-0.4, -0.2) is 26.1 Å². The Morgan fingerprint density at radius 3 is 2.70 bits per heavy atom. The molecular formula is C16H18BrN5O. The third-order valence-corrected chi connectivity index (χ3v) is 4.07. The van der Waals surface area contributed by atoms with Crippen molar-refractivity contribution in [1.82, 2.24) is 19.5 Å². The van der Waals surface area contributed by atoms with Gasteiger partial charge in [0, 0.05) is 13.0 Å². The SMILES string of the molecule is CCCn1c(Br)nc2c(N)nc(OCCc3ccccc3)nc21. The zero-order chi connectivity index (χ0) is 16.2. The Morgan fingerprint density at radius 2 is 1.96 bits per heavy atom. The monoisotopic (exact) mass is 375 g/mol. The Morgan fingerprint density at radius 1 is 1.17 bits per heavy atom. The lowest BCUT2D eigenvalue weighted by atomic mass is 10.2. The highest BCUT2D eigenvalue weighted by Gasteiger charge is 2.15. The van der Waals surface area contributed by atoms with Crippen LogP contribution >= 0.6 is 15.9 Å². The van der Waals surface area contributed by atoms with E-state index in [0.29, 0.717) is 28.3 Å². The van der Waals surface area contributed by atoms with Gasteiger partial charge in [0.2, 0.25) is 0 Å². The van der Waals surface area contributed by atoms with Gasteiger partial charge in [-0.25, -0.2) is 4.98 Å². The molecule has 7 heteroatoms. The normalized spacial score (nSPS) is 11.0. The fourth-order valence-corrected chi connectivity index (χ4v) is 2.89. The molecule has 0 unspecified atom stereocenters. The van der Waals surface area contributed by atoms with Crippen LogP contribution in [0.2, 0.25) is 0 Å². The molecule has 0 saturated carbocycles. The van der Waals surface area contributed by atoms with Crippen molar-refractivity contribution in [1.29, 1.82) is 0 Å². The molecule has 0 aliphatic heterocycles. The summed E-state index contributed by atoms with van der Waals surface area (Å²) in [6.07, 6.45) is 1.76. The summed E-state index contributed by atoms with van der Waals surface area (Å²) in [6, 6.07) is 10.4. The lowest BCUT2D eigenvalue weighted by molar-refractivity contribution is 0.297. The molecule has 0 radical (unpaired) electrons. The van der Waals surface area contributed by atoms with E-state index < -0.39 is 0 Å². The van der Waals surface area contributed by atoms with Crippen molar-refractivity contribution >= 4 is 32.9 Å². The molecule has 0 atom stereocenters. The molecule has 120 valence electrons. The second-order valence-electron chi connectivity index (χ2n) is 5.18. The Balaban J connectivity index is 1.79. The van der Waals surface area contributed by atoms with Crippen molar-refractivity contribution in [3.63, 3.8) is 0 Å². The van der Waals surface area contributed by atoms with E-state index in [1.165, 1.54) is 5.56 Å². The van der Waals surface area contributed by atoms with Gasteiger partial charge in [-0.1, -0.05) is 37.3 Å². The number of nitrogens with two attached hydrogens (primary N) is 1. The number of fused-ring (bicyclic) bond motifs is 1. The Labute approximate surface area is 142 Å². The van der Waals surface area contributed by atoms with E-state index in [0.717, 1.165) is 19.4 Å². The van der Waals surface area contributed by atoms with Crippen molar-refractivity contribution < 1.29 is 4.74 Å². The van der Waals surface area contributed by atoms with Gasteiger partial charge in [0.05, 0.1) is 6.61 Å². The maximum atomic E-state index is 5.99. The highest BCUT2D eigenvalue weighted by atomic mass is 79.9. The van der Waals surface area contributed by atoms with Crippen LogP contribution in [0.3, 0.4) is 0 Å². The van der Waals surface area contributed by atoms with Crippen LogP contribution in [0.15, 0.2) is 35.1 Å². The average Bonchev–Trinajstić information content (AvgIpc) is 2.86. The second kappa shape index (κ2) is 6.95. The molecule has 6 nitrogen and oxygen atoms in total. The number of anilines is 1. The number of benzene rings is 1. The molecule has 0 spiro atoms. The van der Waals surface area contributed by atoms with Crippen LogP contribution in [0.25, 0.3) is 11.2 Å². The third-order valence-electron chi connectivity index (χ3n) is 3.47. The predicted octanol–water partition coefficient (Wildman–Crippen LogP) is 3.20. The summed E-state index contributed by atoms with van der Waals surface area (Å²) in [7, 11) is 0. The van der Waals surface area contributed by atoms with E-state index >= 15 is 0 Å². The highest BCUT2D eigenvalue weighted by Crippen LogP contribution is 2.24. The molecule has 0 aliphatic rings. The smallest absolute Gasteiger partial charge is 0.320 e. The van der Waals surface area contributed by atoms with Crippen molar-refractivity contribution in [2.75, 3.05) is 12.3 Å². The molecule has 0 fully saturated rings. The molecule has 3 rings (SSSR count). The van der Waals surface area contributed by atoms with Crippen LogP contribution in [-0.2, 0) is 13.0 Å². The maximum absolute atomic E-state index is 5.99. The Bertz CT molecular complexity index is 803. The van der Waals surface area contributed by atoms with E-state index in [1.807, 2.05) is 22.8 Å². The van der Waals surface area contributed by atoms with Gasteiger partial charge >= 0.3 is 6.01 Å². The van der Waals surface area contributed by atoms with Crippen molar-refractivity contribution in [3.05, 3.63) is 40.6 Å². The zero-order valence-corrected chi connectivity index (χ0v) is 14.5. The topological polar surface area (TPSA) is 78.9 Å². The van der Waals surface area contributed by atoms with Crippen LogP contribution in [0.1, 0.15) is 18.9 Å². The first-order valence-electron chi connectivity index (χ1n) is 7.55. The Kier molecular flexibility index (Phi) is 4.76. The lowest BCUT2D eigenvalue weighted by Crippen LogP contribution is -2.07. The third kappa shape index (κ3) is 3.44. The Hall–Kier alpha value is -2.15. The van der Waals surface area contributed by atoms with Crippen LogP contribution in [0.4, 0.5) is 5.82 Å². The molecule has 23 heavy (non-hydrogen) atoms. The number of aryl methyl sites for hydroxylation is 1. The van der Waals surface area contributed by atoms with E-state index in [4.69, 9.17) is 10.5 Å². The predicted molar refractivity (Wildman–Crippen MR) is 93.4 cm³/mol. The summed E-state index contributed by atoms with van der Waals surface area (Å²) < 4.78 is 8.36. The number of ether oxygens (including phenoxy) is 1. The quantitative estimate of drug-likeness (QED) is 0.669. The number of hydrogen-bond acceptors (Lipinski definition) is 5. The van der Waals surface area contributed by atoms with Crippen LogP contribution < -0.4 is 10.5 Å². The van der Waals surface area contributed by atoms with Gasteiger partial charge in [-0.15, -0.1) is 0 Å². The molecule has 2 N–H and O–H groups in total. The largest absolute Gasteiger partial charge is 0.463 e. The maximum Gasteiger partial charge on any atom is 0.320 e. The molecule has 0 aliphatic carbocycles. The highest BCUT2D eigenvalue weighted by molar-refractivity contribution is 9.10. The molecule has 1 aromatic carbocycles. The molecule has 0 amide bonds. The van der Waals surface area contributed by atoms with Crippen molar-refractivity contribution in [2.24, 2.45) is 0 Å². The number of nitrogen functional groups attached to an aromatic ring is 1. The first-order chi connectivity index (χ1) is 11.2. The standard InChI is InChI=1S/C16H18BrN5O/c1-2-9-22-14-12(19-15(22)17)13(18)20-16(21-14)23-10-8-11-6-4-3-5-7-11/h3-7H,2,8-10H2,1H3,(H2,18,20,21). The summed E-state index contributed by atoms with van der Waals surface area (Å²) in [5.74, 6) is 0.334. The van der Waals surface area contributed by atoms with Gasteiger partial charge < -0.3 is 15.0 Å². The van der Waals surface area contributed by atoms with Gasteiger partial charge in [0.1, 0.15) is 0 Å². The summed E-state index contributed by atoms with van der Waals surface area (Å²) >= 11 is 3.44. The molecule has 3 aromatic rings. The van der Waals surface area contributed by atoms with E-state index in [9.17, 15) is 0 Å². The molecular weight excluding hydrogens is 358 g/mol. The summed E-state index contributed by atoms with van der Waals surface area (Å²) in [5, 5.41) is 0. The number of hydrogen-bond donors (Lipinski definition) is 1. The summed E-state index contributed by atoms with van der Waals surface area (Å²) in [4.78, 5) is 13.0. The average molecular weight is 376 g/mol. The minimum atomic E-state index is 0.288. The number of nitrogens with zero attached hydrogens (tertiary/aromatic N) is 4. The molecule has 2 heterocycles. The number of rotatable bonds is 6. The van der Waals surface area contributed by atoms with Gasteiger partial charge in [-0.3, -0.25) is 0 Å². The van der Waals surface area contributed by atoms with Crippen molar-refractivity contribution in [2.45, 2.75) is 26.3 Å². The number of halogens is 1. The van der Waals surface area contributed by atoms with E-state index in [1.54, 1.807) is 0 Å². The van der Waals surface area contributed by atoms with Gasteiger partial charge in [0.15, 0.2) is 21.7 Å². The van der Waals surface area contributed by atoms with Crippen molar-refractivity contribution in [3.8, 4) is 6.01 Å². The fourth-order valence-electron chi connectivity index (χ4n) is 2.37. The van der Waals surface area contributed by atoms with Crippen LogP contribution in [0.5, 0.6) is 6.01 Å². The molecule has 2 aromatic heterocycles.